The number of hydrogen-bond donors (Lipinski definition) is 0. The molecule has 2 heterocycles. The molecule has 0 saturated heterocycles. The molecular formula is C19H16N4O3S. The molecule has 0 aliphatic rings. The molecule has 0 saturated carbocycles. The first-order chi connectivity index (χ1) is 13.2. The molecular weight excluding hydrogens is 364 g/mol. The molecule has 0 bridgehead atoms. The second-order valence-corrected chi connectivity index (χ2v) is 6.64. The van der Waals surface area contributed by atoms with Gasteiger partial charge < -0.3 is 9.47 Å². The number of thiazole rings is 1. The van der Waals surface area contributed by atoms with Gasteiger partial charge in [-0.15, -0.1) is 16.4 Å². The highest BCUT2D eigenvalue weighted by Gasteiger charge is 2.11. The fourth-order valence-electron chi connectivity index (χ4n) is 2.76. The van der Waals surface area contributed by atoms with Crippen molar-refractivity contribution in [1.82, 2.24) is 20.0 Å². The summed E-state index contributed by atoms with van der Waals surface area (Å²) < 4.78 is 11.9. The van der Waals surface area contributed by atoms with E-state index in [1.54, 1.807) is 26.4 Å². The second kappa shape index (κ2) is 7.16. The lowest BCUT2D eigenvalue weighted by Crippen LogP contribution is -2.24. The highest BCUT2D eigenvalue weighted by Crippen LogP contribution is 2.33. The third kappa shape index (κ3) is 3.26. The zero-order chi connectivity index (χ0) is 18.8. The van der Waals surface area contributed by atoms with Crippen molar-refractivity contribution in [3.8, 4) is 22.1 Å². The van der Waals surface area contributed by atoms with Crippen LogP contribution in [0.25, 0.3) is 21.5 Å². The van der Waals surface area contributed by atoms with Crippen molar-refractivity contribution in [3.63, 3.8) is 0 Å². The van der Waals surface area contributed by atoms with Crippen LogP contribution >= 0.6 is 11.3 Å². The molecule has 0 fully saturated rings. The maximum Gasteiger partial charge on any atom is 0.277 e. The molecule has 4 rings (SSSR count). The Kier molecular flexibility index (Phi) is 4.55. The Bertz CT molecular complexity index is 1170. The standard InChI is InChI=1S/C19H16N4O3S/c1-25-16-8-7-12(9-17(16)26-2)18-20-13(11-27-18)10-23-19(24)14-5-3-4-6-15(14)21-22-23/h3-9,11H,10H2,1-2H3. The van der Waals surface area contributed by atoms with Gasteiger partial charge in [0.05, 0.1) is 31.8 Å². The smallest absolute Gasteiger partial charge is 0.277 e. The van der Waals surface area contributed by atoms with Gasteiger partial charge in [-0.25, -0.2) is 9.67 Å². The highest BCUT2D eigenvalue weighted by atomic mass is 32.1. The van der Waals surface area contributed by atoms with Gasteiger partial charge in [0.1, 0.15) is 10.5 Å². The van der Waals surface area contributed by atoms with Gasteiger partial charge in [0.25, 0.3) is 5.56 Å². The zero-order valence-corrected chi connectivity index (χ0v) is 15.6. The van der Waals surface area contributed by atoms with E-state index in [1.807, 2.05) is 35.7 Å². The Morgan fingerprint density at radius 3 is 2.70 bits per heavy atom. The average Bonchev–Trinajstić information content (AvgIpc) is 3.18. The topological polar surface area (TPSA) is 79.1 Å². The Labute approximate surface area is 158 Å². The number of nitrogens with zero attached hydrogens (tertiary/aromatic N) is 4. The molecule has 7 nitrogen and oxygen atoms in total. The SMILES string of the molecule is COc1ccc(-c2nc(Cn3nnc4ccccc4c3=O)cs2)cc1OC. The predicted molar refractivity (Wildman–Crippen MR) is 104 cm³/mol. The monoisotopic (exact) mass is 380 g/mol. The van der Waals surface area contributed by atoms with E-state index in [0.717, 1.165) is 16.3 Å². The molecule has 0 N–H and O–H groups in total. The van der Waals surface area contributed by atoms with Gasteiger partial charge in [-0.3, -0.25) is 4.79 Å². The van der Waals surface area contributed by atoms with Crippen LogP contribution in [0, 0.1) is 0 Å². The normalized spacial score (nSPS) is 10.9. The van der Waals surface area contributed by atoms with Crippen molar-refractivity contribution in [2.45, 2.75) is 6.54 Å². The van der Waals surface area contributed by atoms with Crippen LogP contribution < -0.4 is 15.0 Å². The largest absolute Gasteiger partial charge is 0.493 e. The number of fused-ring (bicyclic) bond motifs is 1. The van der Waals surface area contributed by atoms with Crippen molar-refractivity contribution >= 4 is 22.2 Å². The molecule has 2 aromatic heterocycles. The van der Waals surface area contributed by atoms with E-state index in [1.165, 1.54) is 16.0 Å². The summed E-state index contributed by atoms with van der Waals surface area (Å²) in [5.41, 5.74) is 2.07. The molecule has 27 heavy (non-hydrogen) atoms. The third-order valence-electron chi connectivity index (χ3n) is 4.12. The van der Waals surface area contributed by atoms with Crippen molar-refractivity contribution < 1.29 is 9.47 Å². The molecule has 0 aliphatic heterocycles. The van der Waals surface area contributed by atoms with E-state index >= 15 is 0 Å². The van der Waals surface area contributed by atoms with Crippen LogP contribution in [0.5, 0.6) is 11.5 Å². The Balaban J connectivity index is 1.64. The summed E-state index contributed by atoms with van der Waals surface area (Å²) in [6.45, 7) is 0.264. The van der Waals surface area contributed by atoms with Crippen LogP contribution in [0.2, 0.25) is 0 Å². The maximum atomic E-state index is 12.6. The number of rotatable bonds is 5. The van der Waals surface area contributed by atoms with E-state index in [9.17, 15) is 4.79 Å². The fraction of sp³-hybridized carbons (Fsp3) is 0.158. The Morgan fingerprint density at radius 1 is 1.07 bits per heavy atom. The van der Waals surface area contributed by atoms with Gasteiger partial charge in [-0.1, -0.05) is 17.3 Å². The minimum atomic E-state index is -0.179. The van der Waals surface area contributed by atoms with E-state index in [2.05, 4.69) is 15.3 Å². The first-order valence-electron chi connectivity index (χ1n) is 8.19. The summed E-state index contributed by atoms with van der Waals surface area (Å²) >= 11 is 1.49. The van der Waals surface area contributed by atoms with E-state index in [0.29, 0.717) is 22.4 Å². The molecule has 136 valence electrons. The predicted octanol–water partition coefficient (Wildman–Crippen LogP) is 2.98. The molecule has 0 amide bonds. The molecule has 8 heteroatoms. The maximum absolute atomic E-state index is 12.6. The third-order valence-corrected chi connectivity index (χ3v) is 5.06. The number of ether oxygens (including phenoxy) is 2. The number of methoxy groups -OCH3 is 2. The Hall–Kier alpha value is -3.26. The highest BCUT2D eigenvalue weighted by molar-refractivity contribution is 7.13. The first-order valence-corrected chi connectivity index (χ1v) is 9.07. The summed E-state index contributed by atoms with van der Waals surface area (Å²) in [7, 11) is 3.20. The Morgan fingerprint density at radius 2 is 1.89 bits per heavy atom. The fourth-order valence-corrected chi connectivity index (χ4v) is 3.57. The van der Waals surface area contributed by atoms with Crippen molar-refractivity contribution in [2.75, 3.05) is 14.2 Å². The van der Waals surface area contributed by atoms with Gasteiger partial charge in [0.2, 0.25) is 0 Å². The molecule has 4 aromatic rings. The zero-order valence-electron chi connectivity index (χ0n) is 14.7. The van der Waals surface area contributed by atoms with Gasteiger partial charge in [-0.05, 0) is 30.3 Å². The molecule has 2 aromatic carbocycles. The van der Waals surface area contributed by atoms with Crippen LogP contribution in [-0.2, 0) is 6.54 Å². The number of hydrogen-bond acceptors (Lipinski definition) is 7. The summed E-state index contributed by atoms with van der Waals surface area (Å²) in [4.78, 5) is 17.2. The minimum absolute atomic E-state index is 0.179. The van der Waals surface area contributed by atoms with Gasteiger partial charge in [0, 0.05) is 10.9 Å². The van der Waals surface area contributed by atoms with Crippen molar-refractivity contribution in [2.24, 2.45) is 0 Å². The lowest BCUT2D eigenvalue weighted by molar-refractivity contribution is 0.355. The first kappa shape index (κ1) is 17.2. The van der Waals surface area contributed by atoms with Crippen LogP contribution in [-0.4, -0.2) is 34.2 Å². The van der Waals surface area contributed by atoms with Gasteiger partial charge in [-0.2, -0.15) is 0 Å². The molecule has 0 aliphatic carbocycles. The summed E-state index contributed by atoms with van der Waals surface area (Å²) in [6.07, 6.45) is 0. The molecule has 0 atom stereocenters. The van der Waals surface area contributed by atoms with Crippen LogP contribution in [0.3, 0.4) is 0 Å². The van der Waals surface area contributed by atoms with Crippen molar-refractivity contribution in [1.29, 1.82) is 0 Å². The number of aromatic nitrogens is 4. The molecule has 0 unspecified atom stereocenters. The quantitative estimate of drug-likeness (QED) is 0.530. The van der Waals surface area contributed by atoms with Crippen LogP contribution in [0.4, 0.5) is 0 Å². The number of benzene rings is 2. The molecule has 0 spiro atoms. The van der Waals surface area contributed by atoms with E-state index in [4.69, 9.17) is 9.47 Å². The summed E-state index contributed by atoms with van der Waals surface area (Å²) in [5.74, 6) is 1.30. The lowest BCUT2D eigenvalue weighted by Gasteiger charge is -2.08. The van der Waals surface area contributed by atoms with E-state index < -0.39 is 0 Å². The minimum Gasteiger partial charge on any atom is -0.493 e. The van der Waals surface area contributed by atoms with Gasteiger partial charge >= 0.3 is 0 Å². The van der Waals surface area contributed by atoms with Gasteiger partial charge in [0.15, 0.2) is 11.5 Å². The summed E-state index contributed by atoms with van der Waals surface area (Å²) in [5, 5.41) is 11.4. The summed E-state index contributed by atoms with van der Waals surface area (Å²) in [6, 6.07) is 12.8. The lowest BCUT2D eigenvalue weighted by atomic mass is 10.2. The van der Waals surface area contributed by atoms with Crippen molar-refractivity contribution in [3.05, 3.63) is 63.9 Å². The average molecular weight is 380 g/mol. The van der Waals surface area contributed by atoms with Crippen LogP contribution in [0.15, 0.2) is 52.6 Å². The second-order valence-electron chi connectivity index (χ2n) is 5.78. The van der Waals surface area contributed by atoms with E-state index in [-0.39, 0.29) is 12.1 Å². The molecule has 0 radical (unpaired) electrons. The van der Waals surface area contributed by atoms with Crippen LogP contribution in [0.1, 0.15) is 5.69 Å².